The molecule has 2 aliphatic heterocycles. The average molecular weight is 504 g/mol. The molecule has 5 rings (SSSR count). The molecular weight excluding hydrogens is 470 g/mol. The lowest BCUT2D eigenvalue weighted by Crippen LogP contribution is -2.45. The van der Waals surface area contributed by atoms with Gasteiger partial charge in [-0.2, -0.15) is 0 Å². The lowest BCUT2D eigenvalue weighted by Gasteiger charge is -2.37. The fraction of sp³-hybridized carbons (Fsp3) is 0.379. The van der Waals surface area contributed by atoms with Gasteiger partial charge in [-0.25, -0.2) is 0 Å². The molecule has 0 N–H and O–H groups in total. The smallest absolute Gasteiger partial charge is 0.254 e. The second kappa shape index (κ2) is 10.8. The van der Waals surface area contributed by atoms with E-state index in [0.717, 1.165) is 19.4 Å². The molecule has 188 valence electrons. The van der Waals surface area contributed by atoms with Crippen molar-refractivity contribution in [1.29, 1.82) is 0 Å². The van der Waals surface area contributed by atoms with Gasteiger partial charge in [0.05, 0.1) is 19.7 Å². The summed E-state index contributed by atoms with van der Waals surface area (Å²) in [5, 5.41) is 2.17. The van der Waals surface area contributed by atoms with Gasteiger partial charge in [-0.05, 0) is 66.1 Å². The molecule has 1 fully saturated rings. The molecule has 7 heteroatoms. The normalized spacial score (nSPS) is 18.4. The van der Waals surface area contributed by atoms with Crippen molar-refractivity contribution in [3.63, 3.8) is 0 Å². The van der Waals surface area contributed by atoms with Crippen molar-refractivity contribution in [3.05, 3.63) is 87.1 Å². The third-order valence-corrected chi connectivity index (χ3v) is 8.34. The Bertz CT molecular complexity index is 1240. The molecule has 0 spiro atoms. The number of fused-ring (bicyclic) bond motifs is 1. The highest BCUT2D eigenvalue weighted by atomic mass is 32.1. The van der Waals surface area contributed by atoms with Crippen LogP contribution in [0.15, 0.2) is 60.0 Å². The van der Waals surface area contributed by atoms with E-state index in [2.05, 4.69) is 47.5 Å². The molecule has 3 aromatic rings. The summed E-state index contributed by atoms with van der Waals surface area (Å²) in [7, 11) is 1.60. The van der Waals surface area contributed by atoms with Crippen LogP contribution in [0.4, 0.5) is 0 Å². The Balaban J connectivity index is 1.27. The zero-order chi connectivity index (χ0) is 25.1. The lowest BCUT2D eigenvalue weighted by atomic mass is 9.90. The highest BCUT2D eigenvalue weighted by molar-refractivity contribution is 7.10. The summed E-state index contributed by atoms with van der Waals surface area (Å²) in [5.74, 6) is 0.803. The maximum absolute atomic E-state index is 13.5. The number of methoxy groups -OCH3 is 1. The number of carbonyl (C=O) groups excluding carboxylic acids is 2. The molecule has 1 atom stereocenters. The predicted molar refractivity (Wildman–Crippen MR) is 143 cm³/mol. The second-order valence-corrected chi connectivity index (χ2v) is 10.5. The number of carbonyl (C=O) groups is 2. The van der Waals surface area contributed by atoms with Crippen molar-refractivity contribution in [3.8, 4) is 5.75 Å². The van der Waals surface area contributed by atoms with Crippen molar-refractivity contribution in [2.75, 3.05) is 46.4 Å². The van der Waals surface area contributed by atoms with Crippen LogP contribution in [0.5, 0.6) is 5.75 Å². The zero-order valence-corrected chi connectivity index (χ0v) is 21.8. The van der Waals surface area contributed by atoms with Gasteiger partial charge in [-0.3, -0.25) is 14.5 Å². The maximum atomic E-state index is 13.5. The second-order valence-electron chi connectivity index (χ2n) is 9.54. The van der Waals surface area contributed by atoms with Crippen molar-refractivity contribution >= 4 is 23.2 Å². The summed E-state index contributed by atoms with van der Waals surface area (Å²) in [5.41, 5.74) is 4.48. The monoisotopic (exact) mass is 503 g/mol. The van der Waals surface area contributed by atoms with Crippen LogP contribution >= 0.6 is 11.3 Å². The number of hydrogen-bond donors (Lipinski definition) is 0. The number of amides is 2. The van der Waals surface area contributed by atoms with Gasteiger partial charge < -0.3 is 14.5 Å². The standard InChI is InChI=1S/C29H33N3O3S/c1-21-7-3-4-10-24(21)28-25-12-18-36-26(25)11-15-32(28)20-27(33)30-13-6-14-31(17-16-30)29(34)22-8-5-9-23(19-22)35-2/h3-5,7-10,12,18-19,28H,6,11,13-17,20H2,1-2H3. The Morgan fingerprint density at radius 2 is 1.75 bits per heavy atom. The van der Waals surface area contributed by atoms with E-state index in [1.54, 1.807) is 13.2 Å². The first-order chi connectivity index (χ1) is 17.5. The Morgan fingerprint density at radius 1 is 0.944 bits per heavy atom. The van der Waals surface area contributed by atoms with Crippen molar-refractivity contribution in [2.24, 2.45) is 0 Å². The van der Waals surface area contributed by atoms with Crippen LogP contribution in [-0.2, 0) is 11.2 Å². The summed E-state index contributed by atoms with van der Waals surface area (Å²) < 4.78 is 5.27. The topological polar surface area (TPSA) is 53.1 Å². The minimum Gasteiger partial charge on any atom is -0.497 e. The van der Waals surface area contributed by atoms with E-state index in [1.807, 2.05) is 39.3 Å². The lowest BCUT2D eigenvalue weighted by molar-refractivity contribution is -0.132. The number of hydrogen-bond acceptors (Lipinski definition) is 5. The number of rotatable bonds is 5. The molecule has 0 aliphatic carbocycles. The molecule has 0 bridgehead atoms. The van der Waals surface area contributed by atoms with Gasteiger partial charge in [0, 0.05) is 43.2 Å². The predicted octanol–water partition coefficient (Wildman–Crippen LogP) is 4.39. The molecule has 2 aliphatic rings. The fourth-order valence-electron chi connectivity index (χ4n) is 5.38. The summed E-state index contributed by atoms with van der Waals surface area (Å²) in [6, 6.07) is 18.1. The van der Waals surface area contributed by atoms with E-state index < -0.39 is 0 Å². The van der Waals surface area contributed by atoms with Crippen LogP contribution in [0.25, 0.3) is 0 Å². The Morgan fingerprint density at radius 3 is 2.58 bits per heavy atom. The van der Waals surface area contributed by atoms with E-state index in [-0.39, 0.29) is 17.9 Å². The van der Waals surface area contributed by atoms with Crippen molar-refractivity contribution < 1.29 is 14.3 Å². The summed E-state index contributed by atoms with van der Waals surface area (Å²) in [6.45, 7) is 5.82. The maximum Gasteiger partial charge on any atom is 0.254 e. The molecule has 2 amide bonds. The number of ether oxygens (including phenoxy) is 1. The highest BCUT2D eigenvalue weighted by Gasteiger charge is 2.33. The van der Waals surface area contributed by atoms with E-state index >= 15 is 0 Å². The summed E-state index contributed by atoms with van der Waals surface area (Å²) >= 11 is 1.82. The quantitative estimate of drug-likeness (QED) is 0.518. The minimum atomic E-state index is -0.0103. The summed E-state index contributed by atoms with van der Waals surface area (Å²) in [4.78, 5) is 34.2. The zero-order valence-electron chi connectivity index (χ0n) is 21.0. The van der Waals surface area contributed by atoms with E-state index in [1.165, 1.54) is 21.6 Å². The van der Waals surface area contributed by atoms with Crippen LogP contribution in [0.1, 0.15) is 44.4 Å². The minimum absolute atomic E-state index is 0.0103. The molecule has 3 heterocycles. The third-order valence-electron chi connectivity index (χ3n) is 7.34. The number of aryl methyl sites for hydroxylation is 1. The molecule has 1 saturated heterocycles. The number of thiophene rings is 1. The van der Waals surface area contributed by atoms with Crippen LogP contribution in [-0.4, -0.2) is 72.9 Å². The number of benzene rings is 2. The van der Waals surface area contributed by atoms with Crippen LogP contribution < -0.4 is 4.74 Å². The number of nitrogens with zero attached hydrogens (tertiary/aromatic N) is 3. The van der Waals surface area contributed by atoms with E-state index in [0.29, 0.717) is 44.0 Å². The Labute approximate surface area is 217 Å². The van der Waals surface area contributed by atoms with Gasteiger partial charge >= 0.3 is 0 Å². The molecule has 2 aromatic carbocycles. The molecular formula is C29H33N3O3S. The Hall–Kier alpha value is -3.16. The molecule has 6 nitrogen and oxygen atoms in total. The molecule has 1 aromatic heterocycles. The van der Waals surface area contributed by atoms with Gasteiger partial charge in [0.15, 0.2) is 0 Å². The van der Waals surface area contributed by atoms with Gasteiger partial charge in [0.1, 0.15) is 5.75 Å². The van der Waals surface area contributed by atoms with E-state index in [9.17, 15) is 9.59 Å². The third kappa shape index (κ3) is 5.04. The first-order valence-electron chi connectivity index (χ1n) is 12.6. The summed E-state index contributed by atoms with van der Waals surface area (Å²) in [6.07, 6.45) is 1.75. The van der Waals surface area contributed by atoms with E-state index in [4.69, 9.17) is 4.74 Å². The van der Waals surface area contributed by atoms with Gasteiger partial charge in [-0.1, -0.05) is 30.3 Å². The van der Waals surface area contributed by atoms with Gasteiger partial charge in [0.2, 0.25) is 5.91 Å². The van der Waals surface area contributed by atoms with Crippen LogP contribution in [0.2, 0.25) is 0 Å². The first-order valence-corrected chi connectivity index (χ1v) is 13.5. The molecule has 1 unspecified atom stereocenters. The van der Waals surface area contributed by atoms with Gasteiger partial charge in [-0.15, -0.1) is 11.3 Å². The van der Waals surface area contributed by atoms with Crippen molar-refractivity contribution in [2.45, 2.75) is 25.8 Å². The SMILES string of the molecule is COc1cccc(C(=O)N2CCCN(C(=O)CN3CCc4sccc4C3c3ccccc3C)CC2)c1. The Kier molecular flexibility index (Phi) is 7.39. The first kappa shape index (κ1) is 24.5. The van der Waals surface area contributed by atoms with Crippen molar-refractivity contribution in [1.82, 2.24) is 14.7 Å². The molecule has 36 heavy (non-hydrogen) atoms. The molecule has 0 saturated carbocycles. The highest BCUT2D eigenvalue weighted by Crippen LogP contribution is 2.38. The van der Waals surface area contributed by atoms with Crippen LogP contribution in [0.3, 0.4) is 0 Å². The largest absolute Gasteiger partial charge is 0.497 e. The van der Waals surface area contributed by atoms with Crippen LogP contribution in [0, 0.1) is 6.92 Å². The average Bonchev–Trinajstić information content (AvgIpc) is 3.24. The van der Waals surface area contributed by atoms with Gasteiger partial charge in [0.25, 0.3) is 5.91 Å². The fourth-order valence-corrected chi connectivity index (χ4v) is 6.28. The molecule has 0 radical (unpaired) electrons.